The van der Waals surface area contributed by atoms with Gasteiger partial charge in [0, 0.05) is 38.2 Å². The van der Waals surface area contributed by atoms with Crippen LogP contribution in [-0.4, -0.2) is 46.1 Å². The van der Waals surface area contributed by atoms with Crippen molar-refractivity contribution in [1.82, 2.24) is 9.62 Å². The van der Waals surface area contributed by atoms with Gasteiger partial charge in [-0.3, -0.25) is 0 Å². The minimum Gasteiger partial charge on any atom is -0.383 e. The second kappa shape index (κ2) is 6.32. The number of hydrogen-bond acceptors (Lipinski definition) is 5. The molecule has 1 saturated carbocycles. The van der Waals surface area contributed by atoms with E-state index in [0.29, 0.717) is 23.4 Å². The number of hydrogen-bond donors (Lipinski definition) is 1. The summed E-state index contributed by atoms with van der Waals surface area (Å²) in [5, 5.41) is 3.38. The second-order valence-corrected chi connectivity index (χ2v) is 8.14. The fourth-order valence-corrected chi connectivity index (χ4v) is 4.29. The SMILES string of the molecule is COCCN(C)S(=O)(=O)c1ccc(CNC2CC2)s1. The van der Waals surface area contributed by atoms with Gasteiger partial charge in [-0.05, 0) is 25.0 Å². The van der Waals surface area contributed by atoms with E-state index in [-0.39, 0.29) is 0 Å². The Kier molecular flexibility index (Phi) is 4.97. The number of likely N-dealkylation sites (N-methyl/N-ethyl adjacent to an activating group) is 1. The third-order valence-electron chi connectivity index (χ3n) is 3.05. The normalized spacial score (nSPS) is 16.2. The van der Waals surface area contributed by atoms with E-state index in [1.54, 1.807) is 20.2 Å². The van der Waals surface area contributed by atoms with E-state index in [1.165, 1.54) is 28.5 Å². The lowest BCUT2D eigenvalue weighted by atomic mass is 10.4. The van der Waals surface area contributed by atoms with Gasteiger partial charge in [-0.2, -0.15) is 4.31 Å². The monoisotopic (exact) mass is 304 g/mol. The fourth-order valence-electron chi connectivity index (χ4n) is 1.62. The van der Waals surface area contributed by atoms with Crippen molar-refractivity contribution < 1.29 is 13.2 Å². The highest BCUT2D eigenvalue weighted by atomic mass is 32.2. The molecular weight excluding hydrogens is 284 g/mol. The number of nitrogens with one attached hydrogen (secondary N) is 1. The highest BCUT2D eigenvalue weighted by Gasteiger charge is 2.23. The molecule has 0 unspecified atom stereocenters. The Labute approximate surface area is 118 Å². The van der Waals surface area contributed by atoms with Crippen LogP contribution in [0.5, 0.6) is 0 Å². The van der Waals surface area contributed by atoms with Crippen molar-refractivity contribution in [3.8, 4) is 0 Å². The predicted octanol–water partition coefficient (Wildman–Crippen LogP) is 1.27. The Morgan fingerprint density at radius 2 is 2.21 bits per heavy atom. The standard InChI is InChI=1S/C12H20N2O3S2/c1-14(7-8-17-2)19(15,16)12-6-5-11(18-12)9-13-10-3-4-10/h5-6,10,13H,3-4,7-9H2,1-2H3. The molecule has 0 radical (unpaired) electrons. The van der Waals surface area contributed by atoms with Gasteiger partial charge in [0.2, 0.25) is 0 Å². The quantitative estimate of drug-likeness (QED) is 0.786. The molecule has 1 heterocycles. The Morgan fingerprint density at radius 1 is 1.47 bits per heavy atom. The average Bonchev–Trinajstić information content (AvgIpc) is 3.09. The molecule has 1 aliphatic rings. The molecule has 0 aliphatic heterocycles. The van der Waals surface area contributed by atoms with Crippen molar-refractivity contribution in [2.75, 3.05) is 27.3 Å². The van der Waals surface area contributed by atoms with Gasteiger partial charge < -0.3 is 10.1 Å². The lowest BCUT2D eigenvalue weighted by Crippen LogP contribution is -2.29. The van der Waals surface area contributed by atoms with Gasteiger partial charge in [-0.1, -0.05) is 0 Å². The summed E-state index contributed by atoms with van der Waals surface area (Å²) in [5.41, 5.74) is 0. The maximum Gasteiger partial charge on any atom is 0.252 e. The van der Waals surface area contributed by atoms with Crippen LogP contribution in [0.25, 0.3) is 0 Å². The van der Waals surface area contributed by atoms with Gasteiger partial charge in [-0.25, -0.2) is 8.42 Å². The van der Waals surface area contributed by atoms with E-state index in [4.69, 9.17) is 4.74 Å². The molecule has 1 N–H and O–H groups in total. The zero-order chi connectivity index (χ0) is 13.9. The number of nitrogens with zero attached hydrogens (tertiary/aromatic N) is 1. The van der Waals surface area contributed by atoms with Crippen LogP contribution in [0.1, 0.15) is 17.7 Å². The van der Waals surface area contributed by atoms with Crippen LogP contribution >= 0.6 is 11.3 Å². The molecule has 0 saturated heterocycles. The van der Waals surface area contributed by atoms with Crippen molar-refractivity contribution in [2.45, 2.75) is 29.6 Å². The number of rotatable bonds is 8. The van der Waals surface area contributed by atoms with Crippen molar-refractivity contribution in [3.63, 3.8) is 0 Å². The summed E-state index contributed by atoms with van der Waals surface area (Å²) in [5.74, 6) is 0. The molecule has 0 atom stereocenters. The summed E-state index contributed by atoms with van der Waals surface area (Å²) < 4.78 is 31.2. The Bertz CT molecular complexity index is 509. The summed E-state index contributed by atoms with van der Waals surface area (Å²) in [4.78, 5) is 1.06. The Morgan fingerprint density at radius 3 is 2.84 bits per heavy atom. The summed E-state index contributed by atoms with van der Waals surface area (Å²) >= 11 is 1.34. The molecule has 7 heteroatoms. The minimum atomic E-state index is -3.37. The molecular formula is C12H20N2O3S2. The average molecular weight is 304 g/mol. The van der Waals surface area contributed by atoms with Crippen LogP contribution < -0.4 is 5.32 Å². The first-order valence-corrected chi connectivity index (χ1v) is 8.57. The lowest BCUT2D eigenvalue weighted by molar-refractivity contribution is 0.185. The van der Waals surface area contributed by atoms with Gasteiger partial charge in [0.05, 0.1) is 6.61 Å². The van der Waals surface area contributed by atoms with E-state index < -0.39 is 10.0 Å². The van der Waals surface area contributed by atoms with Gasteiger partial charge >= 0.3 is 0 Å². The predicted molar refractivity (Wildman–Crippen MR) is 75.9 cm³/mol. The Hall–Kier alpha value is -0.470. The third-order valence-corrected chi connectivity index (χ3v) is 6.46. The molecule has 108 valence electrons. The highest BCUT2D eigenvalue weighted by molar-refractivity contribution is 7.91. The first-order chi connectivity index (χ1) is 9.04. The van der Waals surface area contributed by atoms with Crippen molar-refractivity contribution >= 4 is 21.4 Å². The van der Waals surface area contributed by atoms with Crippen molar-refractivity contribution in [2.24, 2.45) is 0 Å². The van der Waals surface area contributed by atoms with Crippen LogP contribution in [0.15, 0.2) is 16.3 Å². The van der Waals surface area contributed by atoms with Crippen LogP contribution in [-0.2, 0) is 21.3 Å². The maximum absolute atomic E-state index is 12.3. The second-order valence-electron chi connectivity index (χ2n) is 4.70. The van der Waals surface area contributed by atoms with Gasteiger partial charge in [0.25, 0.3) is 10.0 Å². The van der Waals surface area contributed by atoms with Crippen molar-refractivity contribution in [1.29, 1.82) is 0 Å². The Balaban J connectivity index is 1.98. The molecule has 2 rings (SSSR count). The number of thiophene rings is 1. The zero-order valence-electron chi connectivity index (χ0n) is 11.3. The summed E-state index contributed by atoms with van der Waals surface area (Å²) in [6.07, 6.45) is 2.46. The molecule has 1 aliphatic carbocycles. The largest absolute Gasteiger partial charge is 0.383 e. The van der Waals surface area contributed by atoms with Crippen molar-refractivity contribution in [3.05, 3.63) is 17.0 Å². The van der Waals surface area contributed by atoms with Gasteiger partial charge in [-0.15, -0.1) is 11.3 Å². The van der Waals surface area contributed by atoms with Gasteiger partial charge in [0.15, 0.2) is 0 Å². The molecule has 19 heavy (non-hydrogen) atoms. The number of sulfonamides is 1. The van der Waals surface area contributed by atoms with Crippen LogP contribution in [0.4, 0.5) is 0 Å². The van der Waals surface area contributed by atoms with E-state index >= 15 is 0 Å². The zero-order valence-corrected chi connectivity index (χ0v) is 12.9. The molecule has 5 nitrogen and oxygen atoms in total. The smallest absolute Gasteiger partial charge is 0.252 e. The molecule has 0 amide bonds. The summed E-state index contributed by atoms with van der Waals surface area (Å²) in [7, 11) is -0.227. The van der Waals surface area contributed by atoms with Crippen LogP contribution in [0.3, 0.4) is 0 Å². The third kappa shape index (κ3) is 4.00. The molecule has 0 aromatic carbocycles. The molecule has 1 aromatic heterocycles. The first kappa shape index (κ1) is 14.9. The topological polar surface area (TPSA) is 58.6 Å². The first-order valence-electron chi connectivity index (χ1n) is 6.31. The van der Waals surface area contributed by atoms with E-state index in [2.05, 4.69) is 5.32 Å². The summed E-state index contributed by atoms with van der Waals surface area (Å²) in [6.45, 7) is 1.52. The minimum absolute atomic E-state index is 0.367. The lowest BCUT2D eigenvalue weighted by Gasteiger charge is -2.15. The molecule has 0 spiro atoms. The van der Waals surface area contributed by atoms with E-state index in [0.717, 1.165) is 11.4 Å². The molecule has 1 fully saturated rings. The maximum atomic E-state index is 12.3. The van der Waals surface area contributed by atoms with E-state index in [9.17, 15) is 8.42 Å². The van der Waals surface area contributed by atoms with Crippen LogP contribution in [0.2, 0.25) is 0 Å². The molecule has 1 aromatic rings. The fraction of sp³-hybridized carbons (Fsp3) is 0.667. The molecule has 0 bridgehead atoms. The highest BCUT2D eigenvalue weighted by Crippen LogP contribution is 2.25. The van der Waals surface area contributed by atoms with E-state index in [1.807, 2.05) is 6.07 Å². The number of methoxy groups -OCH3 is 1. The summed E-state index contributed by atoms with van der Waals surface area (Å²) in [6, 6.07) is 4.20. The number of ether oxygens (including phenoxy) is 1. The van der Waals surface area contributed by atoms with Crippen LogP contribution in [0, 0.1) is 0 Å². The van der Waals surface area contributed by atoms with Gasteiger partial charge in [0.1, 0.15) is 4.21 Å².